The number of halogens is 1. The van der Waals surface area contributed by atoms with Crippen LogP contribution in [-0.4, -0.2) is 11.5 Å². The van der Waals surface area contributed by atoms with Crippen LogP contribution < -0.4 is 5.32 Å². The number of nitrogens with one attached hydrogen (secondary N) is 1. The molecule has 1 aromatic heterocycles. The van der Waals surface area contributed by atoms with Crippen molar-refractivity contribution in [1.82, 2.24) is 10.3 Å². The molecule has 100 valence electrons. The third kappa shape index (κ3) is 4.58. The van der Waals surface area contributed by atoms with E-state index in [1.807, 2.05) is 12.4 Å². The highest BCUT2D eigenvalue weighted by Gasteiger charge is 2.11. The molecule has 0 spiro atoms. The zero-order valence-corrected chi connectivity index (χ0v) is 13.3. The second-order valence-corrected chi connectivity index (χ2v) is 5.87. The molecule has 1 aromatic carbocycles. The Bertz CT molecular complexity index is 499. The van der Waals surface area contributed by atoms with Gasteiger partial charge in [-0.05, 0) is 77.4 Å². The fourth-order valence-corrected chi connectivity index (χ4v) is 2.67. The van der Waals surface area contributed by atoms with Crippen molar-refractivity contribution in [3.8, 4) is 0 Å². The molecule has 1 heterocycles. The second kappa shape index (κ2) is 7.60. The average molecular weight is 366 g/mol. The summed E-state index contributed by atoms with van der Waals surface area (Å²) in [4.78, 5) is 4.08. The van der Waals surface area contributed by atoms with Gasteiger partial charge in [0.05, 0.1) is 0 Å². The molecule has 2 rings (SSSR count). The highest BCUT2D eigenvalue weighted by Crippen LogP contribution is 2.20. The summed E-state index contributed by atoms with van der Waals surface area (Å²) in [5.74, 6) is 0. The Morgan fingerprint density at radius 1 is 1.21 bits per heavy atom. The largest absolute Gasteiger partial charge is 0.310 e. The molecule has 0 radical (unpaired) electrons. The molecule has 3 heteroatoms. The minimum absolute atomic E-state index is 0.372. The summed E-state index contributed by atoms with van der Waals surface area (Å²) in [6.45, 7) is 3.24. The van der Waals surface area contributed by atoms with Crippen LogP contribution in [0, 0.1) is 3.57 Å². The second-order valence-electron chi connectivity index (χ2n) is 4.62. The molecule has 0 saturated heterocycles. The Kier molecular flexibility index (Phi) is 5.79. The van der Waals surface area contributed by atoms with Gasteiger partial charge in [-0.3, -0.25) is 4.98 Å². The minimum Gasteiger partial charge on any atom is -0.310 e. The van der Waals surface area contributed by atoms with Gasteiger partial charge in [0, 0.05) is 22.0 Å². The third-order valence-electron chi connectivity index (χ3n) is 3.08. The molecule has 0 saturated carbocycles. The Balaban J connectivity index is 2.16. The molecule has 1 unspecified atom stereocenters. The van der Waals surface area contributed by atoms with Crippen LogP contribution in [0.25, 0.3) is 0 Å². The fraction of sp³-hybridized carbons (Fsp3) is 0.312. The van der Waals surface area contributed by atoms with Gasteiger partial charge in [0.2, 0.25) is 0 Å². The normalized spacial score (nSPS) is 12.3. The van der Waals surface area contributed by atoms with E-state index in [-0.39, 0.29) is 0 Å². The predicted octanol–water partition coefficient (Wildman–Crippen LogP) is 3.97. The Morgan fingerprint density at radius 2 is 2.00 bits per heavy atom. The Morgan fingerprint density at radius 3 is 2.68 bits per heavy atom. The lowest BCUT2D eigenvalue weighted by Gasteiger charge is -2.19. The summed E-state index contributed by atoms with van der Waals surface area (Å²) < 4.78 is 1.29. The van der Waals surface area contributed by atoms with Crippen molar-refractivity contribution in [3.05, 3.63) is 63.5 Å². The molecule has 19 heavy (non-hydrogen) atoms. The van der Waals surface area contributed by atoms with Gasteiger partial charge in [0.1, 0.15) is 0 Å². The molecular formula is C16H19IN2. The summed E-state index contributed by atoms with van der Waals surface area (Å²) in [7, 11) is 0. The van der Waals surface area contributed by atoms with Gasteiger partial charge in [-0.25, -0.2) is 0 Å². The number of hydrogen-bond acceptors (Lipinski definition) is 2. The lowest BCUT2D eigenvalue weighted by molar-refractivity contribution is 0.529. The number of nitrogens with zero attached hydrogens (tertiary/aromatic N) is 1. The van der Waals surface area contributed by atoms with Crippen LogP contribution >= 0.6 is 22.6 Å². The zero-order chi connectivity index (χ0) is 13.5. The van der Waals surface area contributed by atoms with Crippen molar-refractivity contribution in [3.63, 3.8) is 0 Å². The van der Waals surface area contributed by atoms with Gasteiger partial charge < -0.3 is 5.32 Å². The maximum absolute atomic E-state index is 4.08. The van der Waals surface area contributed by atoms with E-state index in [0.29, 0.717) is 6.04 Å². The highest BCUT2D eigenvalue weighted by atomic mass is 127. The lowest BCUT2D eigenvalue weighted by Crippen LogP contribution is -2.24. The zero-order valence-electron chi connectivity index (χ0n) is 11.1. The van der Waals surface area contributed by atoms with Crippen molar-refractivity contribution in [1.29, 1.82) is 0 Å². The van der Waals surface area contributed by atoms with E-state index in [1.165, 1.54) is 14.7 Å². The summed E-state index contributed by atoms with van der Waals surface area (Å²) >= 11 is 2.37. The van der Waals surface area contributed by atoms with Crippen LogP contribution in [-0.2, 0) is 6.42 Å². The third-order valence-corrected chi connectivity index (χ3v) is 3.75. The van der Waals surface area contributed by atoms with E-state index in [0.717, 1.165) is 19.4 Å². The summed E-state index contributed by atoms with van der Waals surface area (Å²) in [6.07, 6.45) is 5.88. The van der Waals surface area contributed by atoms with Crippen LogP contribution in [0.3, 0.4) is 0 Å². The van der Waals surface area contributed by atoms with Gasteiger partial charge in [0.15, 0.2) is 0 Å². The molecule has 0 fully saturated rings. The van der Waals surface area contributed by atoms with Crippen molar-refractivity contribution in [2.45, 2.75) is 25.8 Å². The molecule has 0 bridgehead atoms. The van der Waals surface area contributed by atoms with Crippen molar-refractivity contribution < 1.29 is 0 Å². The minimum atomic E-state index is 0.372. The van der Waals surface area contributed by atoms with E-state index in [9.17, 15) is 0 Å². The first-order valence-corrected chi connectivity index (χ1v) is 7.75. The topological polar surface area (TPSA) is 24.9 Å². The molecule has 0 aliphatic rings. The van der Waals surface area contributed by atoms with Gasteiger partial charge in [-0.1, -0.05) is 19.1 Å². The molecule has 0 amide bonds. The first kappa shape index (κ1) is 14.5. The van der Waals surface area contributed by atoms with Crippen LogP contribution in [0.5, 0.6) is 0 Å². The number of aromatic nitrogens is 1. The molecule has 2 aromatic rings. The van der Waals surface area contributed by atoms with Gasteiger partial charge in [0.25, 0.3) is 0 Å². The van der Waals surface area contributed by atoms with Gasteiger partial charge >= 0.3 is 0 Å². The molecule has 1 atom stereocenters. The van der Waals surface area contributed by atoms with Gasteiger partial charge in [-0.15, -0.1) is 0 Å². The van der Waals surface area contributed by atoms with Crippen molar-refractivity contribution >= 4 is 22.6 Å². The van der Waals surface area contributed by atoms with Crippen LogP contribution in [0.2, 0.25) is 0 Å². The highest BCUT2D eigenvalue weighted by molar-refractivity contribution is 14.1. The number of hydrogen-bond donors (Lipinski definition) is 1. The first-order chi connectivity index (χ1) is 9.29. The number of pyridine rings is 1. The number of benzene rings is 1. The summed E-state index contributed by atoms with van der Waals surface area (Å²) in [5.41, 5.74) is 2.68. The molecular weight excluding hydrogens is 347 g/mol. The number of rotatable bonds is 6. The van der Waals surface area contributed by atoms with Crippen LogP contribution in [0.4, 0.5) is 0 Å². The molecule has 2 nitrogen and oxygen atoms in total. The van der Waals surface area contributed by atoms with Crippen molar-refractivity contribution in [2.75, 3.05) is 6.54 Å². The fourth-order valence-electron chi connectivity index (χ4n) is 2.10. The SMILES string of the molecule is CCCNC(Cc1ccncc1)c1cccc(I)c1. The Hall–Kier alpha value is -0.940. The smallest absolute Gasteiger partial charge is 0.0361 e. The van der Waals surface area contributed by atoms with Crippen molar-refractivity contribution in [2.24, 2.45) is 0 Å². The van der Waals surface area contributed by atoms with E-state index >= 15 is 0 Å². The molecule has 0 aliphatic carbocycles. The summed E-state index contributed by atoms with van der Waals surface area (Å²) in [5, 5.41) is 3.64. The maximum atomic E-state index is 4.08. The predicted molar refractivity (Wildman–Crippen MR) is 88.1 cm³/mol. The lowest BCUT2D eigenvalue weighted by atomic mass is 9.99. The van der Waals surface area contributed by atoms with E-state index in [4.69, 9.17) is 0 Å². The van der Waals surface area contributed by atoms with E-state index in [2.05, 4.69) is 76.2 Å². The average Bonchev–Trinajstić information content (AvgIpc) is 2.44. The monoisotopic (exact) mass is 366 g/mol. The first-order valence-electron chi connectivity index (χ1n) is 6.67. The molecule has 1 N–H and O–H groups in total. The standard InChI is InChI=1S/C16H19IN2/c1-2-8-19-16(11-13-6-9-18-10-7-13)14-4-3-5-15(17)12-14/h3-7,9-10,12,16,19H,2,8,11H2,1H3. The van der Waals surface area contributed by atoms with E-state index < -0.39 is 0 Å². The van der Waals surface area contributed by atoms with Gasteiger partial charge in [-0.2, -0.15) is 0 Å². The van der Waals surface area contributed by atoms with Crippen LogP contribution in [0.1, 0.15) is 30.5 Å². The Labute approximate surface area is 128 Å². The maximum Gasteiger partial charge on any atom is 0.0361 e. The molecule has 0 aliphatic heterocycles. The summed E-state index contributed by atoms with van der Waals surface area (Å²) in [6, 6.07) is 13.3. The quantitative estimate of drug-likeness (QED) is 0.783. The van der Waals surface area contributed by atoms with Crippen LogP contribution in [0.15, 0.2) is 48.8 Å². The van der Waals surface area contributed by atoms with E-state index in [1.54, 1.807) is 0 Å².